The van der Waals surface area contributed by atoms with Gasteiger partial charge in [0.2, 0.25) is 0 Å². The van der Waals surface area contributed by atoms with E-state index in [1.165, 1.54) is 0 Å². The Labute approximate surface area is 178 Å². The summed E-state index contributed by atoms with van der Waals surface area (Å²) < 4.78 is 8.88. The van der Waals surface area contributed by atoms with Gasteiger partial charge < -0.3 is 9.14 Å². The van der Waals surface area contributed by atoms with Crippen LogP contribution in [-0.4, -0.2) is 40.3 Å². The highest BCUT2D eigenvalue weighted by Crippen LogP contribution is 2.20. The fourth-order valence-electron chi connectivity index (χ4n) is 2.94. The molecule has 5 heterocycles. The molecular weight excluding hydrogens is 394 g/mol. The minimum atomic E-state index is -0.225. The van der Waals surface area contributed by atoms with Crippen LogP contribution in [0.1, 0.15) is 19.5 Å². The average molecular weight is 417 g/mol. The van der Waals surface area contributed by atoms with Crippen molar-refractivity contribution in [1.82, 2.24) is 34.3 Å². The third-order valence-electron chi connectivity index (χ3n) is 4.68. The number of hydrogen-bond donors (Lipinski definition) is 1. The van der Waals surface area contributed by atoms with Crippen LogP contribution in [0.25, 0.3) is 27.8 Å². The number of aromatic amines is 1. The summed E-state index contributed by atoms with van der Waals surface area (Å²) in [6, 6.07) is 5.60. The van der Waals surface area contributed by atoms with E-state index in [9.17, 15) is 4.79 Å². The number of aryl methyl sites for hydroxylation is 2. The van der Waals surface area contributed by atoms with Crippen molar-refractivity contribution in [1.29, 1.82) is 0 Å². The lowest BCUT2D eigenvalue weighted by Crippen LogP contribution is -2.15. The topological polar surface area (TPSA) is 103 Å². The van der Waals surface area contributed by atoms with Crippen LogP contribution in [0.2, 0.25) is 0 Å². The van der Waals surface area contributed by atoms with E-state index in [1.54, 1.807) is 29.3 Å². The molecule has 0 bridgehead atoms. The standard InChI is InChI=1S/C12H14N2O2.C10H9N5/c1-8(2)12(15)16-10-4-5-11-13-6-9(3)14(11)7-10;1-15-6-8(4-13-15)7-2-9-10(11-3-7)5-12-14-9/h4-8H,1-3H3;2-6H,1H3,(H,12,14). The maximum absolute atomic E-state index is 11.4. The molecule has 0 aliphatic heterocycles. The van der Waals surface area contributed by atoms with Crippen LogP contribution in [0.4, 0.5) is 0 Å². The van der Waals surface area contributed by atoms with E-state index in [2.05, 4.69) is 25.3 Å². The molecule has 9 heteroatoms. The summed E-state index contributed by atoms with van der Waals surface area (Å²) in [7, 11) is 1.89. The molecule has 9 nitrogen and oxygen atoms in total. The smallest absolute Gasteiger partial charge is 0.313 e. The van der Waals surface area contributed by atoms with Crippen molar-refractivity contribution in [3.8, 4) is 16.9 Å². The lowest BCUT2D eigenvalue weighted by molar-refractivity contribution is -0.137. The van der Waals surface area contributed by atoms with Gasteiger partial charge >= 0.3 is 5.97 Å². The Hall–Kier alpha value is -4.01. The van der Waals surface area contributed by atoms with E-state index in [-0.39, 0.29) is 11.9 Å². The summed E-state index contributed by atoms with van der Waals surface area (Å²) in [5.41, 5.74) is 5.78. The Balaban J connectivity index is 0.000000149. The summed E-state index contributed by atoms with van der Waals surface area (Å²) in [6.07, 6.45) is 10.9. The lowest BCUT2D eigenvalue weighted by Gasteiger charge is -2.07. The molecule has 0 unspecified atom stereocenters. The Bertz CT molecular complexity index is 1350. The lowest BCUT2D eigenvalue weighted by atomic mass is 10.1. The fraction of sp³-hybridized carbons (Fsp3) is 0.227. The number of fused-ring (bicyclic) bond motifs is 2. The van der Waals surface area contributed by atoms with Gasteiger partial charge in [0.25, 0.3) is 0 Å². The van der Waals surface area contributed by atoms with Crippen LogP contribution >= 0.6 is 0 Å². The molecule has 0 aromatic carbocycles. The molecule has 0 spiro atoms. The molecule has 31 heavy (non-hydrogen) atoms. The van der Waals surface area contributed by atoms with E-state index in [4.69, 9.17) is 4.74 Å². The number of nitrogens with zero attached hydrogens (tertiary/aromatic N) is 6. The van der Waals surface area contributed by atoms with Crippen molar-refractivity contribution in [2.45, 2.75) is 20.8 Å². The number of imidazole rings is 1. The van der Waals surface area contributed by atoms with Crippen molar-refractivity contribution < 1.29 is 9.53 Å². The van der Waals surface area contributed by atoms with Crippen molar-refractivity contribution in [3.05, 3.63) is 61.1 Å². The van der Waals surface area contributed by atoms with Crippen molar-refractivity contribution >= 4 is 22.6 Å². The molecule has 0 aliphatic carbocycles. The van der Waals surface area contributed by atoms with Crippen molar-refractivity contribution in [2.24, 2.45) is 13.0 Å². The van der Waals surface area contributed by atoms with E-state index in [0.717, 1.165) is 33.5 Å². The van der Waals surface area contributed by atoms with Crippen molar-refractivity contribution in [3.63, 3.8) is 0 Å². The van der Waals surface area contributed by atoms with Gasteiger partial charge in [-0.15, -0.1) is 0 Å². The van der Waals surface area contributed by atoms with E-state index in [0.29, 0.717) is 5.75 Å². The zero-order valence-electron chi connectivity index (χ0n) is 17.8. The summed E-state index contributed by atoms with van der Waals surface area (Å²) >= 11 is 0. The van der Waals surface area contributed by atoms with Gasteiger partial charge in [0.15, 0.2) is 0 Å². The van der Waals surface area contributed by atoms with Gasteiger partial charge in [-0.25, -0.2) is 4.98 Å². The molecule has 0 fully saturated rings. The average Bonchev–Trinajstić information content (AvgIpc) is 3.48. The fourth-order valence-corrected chi connectivity index (χ4v) is 2.94. The number of carbonyl (C=O) groups excluding carboxylic acids is 1. The first-order valence-corrected chi connectivity index (χ1v) is 9.84. The van der Waals surface area contributed by atoms with E-state index >= 15 is 0 Å². The van der Waals surface area contributed by atoms with Gasteiger partial charge in [-0.2, -0.15) is 10.2 Å². The van der Waals surface area contributed by atoms with Crippen LogP contribution in [0.3, 0.4) is 0 Å². The molecule has 0 aliphatic rings. The number of aromatic nitrogens is 7. The van der Waals surface area contributed by atoms with E-state index in [1.807, 2.05) is 62.9 Å². The first kappa shape index (κ1) is 20.3. The summed E-state index contributed by atoms with van der Waals surface area (Å²) in [6.45, 7) is 5.57. The van der Waals surface area contributed by atoms with Gasteiger partial charge in [-0.1, -0.05) is 13.8 Å². The Morgan fingerprint density at radius 1 is 1.06 bits per heavy atom. The number of nitrogens with one attached hydrogen (secondary N) is 1. The van der Waals surface area contributed by atoms with E-state index < -0.39 is 0 Å². The summed E-state index contributed by atoms with van der Waals surface area (Å²) in [5, 5.41) is 11.0. The maximum atomic E-state index is 11.4. The molecule has 1 N–H and O–H groups in total. The Morgan fingerprint density at radius 2 is 1.90 bits per heavy atom. The van der Waals surface area contributed by atoms with Gasteiger partial charge in [-0.05, 0) is 25.1 Å². The first-order chi connectivity index (χ1) is 14.9. The molecule has 0 radical (unpaired) electrons. The number of hydrogen-bond acceptors (Lipinski definition) is 6. The summed E-state index contributed by atoms with van der Waals surface area (Å²) in [5.74, 6) is 0.198. The summed E-state index contributed by atoms with van der Waals surface area (Å²) in [4.78, 5) is 19.9. The second-order valence-corrected chi connectivity index (χ2v) is 7.50. The highest BCUT2D eigenvalue weighted by molar-refractivity contribution is 5.79. The maximum Gasteiger partial charge on any atom is 0.313 e. The molecular formula is C22H23N7O2. The molecule has 5 aromatic heterocycles. The molecule has 0 saturated heterocycles. The molecule has 0 atom stereocenters. The third kappa shape index (κ3) is 4.45. The molecule has 5 rings (SSSR count). The minimum Gasteiger partial charge on any atom is -0.425 e. The molecule has 5 aromatic rings. The zero-order valence-corrected chi connectivity index (χ0v) is 17.8. The van der Waals surface area contributed by atoms with Gasteiger partial charge in [0, 0.05) is 42.5 Å². The van der Waals surface area contributed by atoms with Gasteiger partial charge in [-0.3, -0.25) is 19.6 Å². The number of rotatable bonds is 3. The van der Waals surface area contributed by atoms with Crippen LogP contribution in [0.5, 0.6) is 5.75 Å². The predicted octanol–water partition coefficient (Wildman–Crippen LogP) is 3.56. The second-order valence-electron chi connectivity index (χ2n) is 7.50. The monoisotopic (exact) mass is 417 g/mol. The first-order valence-electron chi connectivity index (χ1n) is 9.84. The number of ether oxygens (including phenoxy) is 1. The second kappa shape index (κ2) is 8.39. The Morgan fingerprint density at radius 3 is 2.65 bits per heavy atom. The number of carbonyl (C=O) groups is 1. The SMILES string of the molecule is Cc1cnc2ccc(OC(=O)C(C)C)cn12.Cn1cc(-c2cnc3cn[nH]c3c2)cn1. The van der Waals surface area contributed by atoms with Crippen LogP contribution in [0, 0.1) is 12.8 Å². The third-order valence-corrected chi connectivity index (χ3v) is 4.68. The zero-order chi connectivity index (χ0) is 22.0. The largest absolute Gasteiger partial charge is 0.425 e. The molecule has 0 saturated carbocycles. The van der Waals surface area contributed by atoms with Crippen LogP contribution in [0.15, 0.2) is 55.4 Å². The molecule has 0 amide bonds. The number of pyridine rings is 2. The minimum absolute atomic E-state index is 0.125. The van der Waals surface area contributed by atoms with Gasteiger partial charge in [0.1, 0.15) is 16.9 Å². The quantitative estimate of drug-likeness (QED) is 0.450. The van der Waals surface area contributed by atoms with Crippen LogP contribution in [-0.2, 0) is 11.8 Å². The van der Waals surface area contributed by atoms with Gasteiger partial charge in [0.05, 0.1) is 30.0 Å². The molecule has 158 valence electrons. The highest BCUT2D eigenvalue weighted by Gasteiger charge is 2.10. The number of H-pyrrole nitrogens is 1. The highest BCUT2D eigenvalue weighted by atomic mass is 16.5. The normalized spacial score (nSPS) is 11.0. The Kier molecular flexibility index (Phi) is 5.48. The van der Waals surface area contributed by atoms with Crippen molar-refractivity contribution in [2.75, 3.05) is 0 Å². The van der Waals surface area contributed by atoms with Crippen LogP contribution < -0.4 is 4.74 Å². The predicted molar refractivity (Wildman–Crippen MR) is 116 cm³/mol. The number of esters is 1.